The van der Waals surface area contributed by atoms with Crippen molar-refractivity contribution in [3.63, 3.8) is 0 Å². The topological polar surface area (TPSA) is 71.8 Å². The van der Waals surface area contributed by atoms with Gasteiger partial charge in [-0.05, 0) is 57.0 Å². The van der Waals surface area contributed by atoms with Crippen LogP contribution in [0.1, 0.15) is 35.7 Å². The molecule has 0 spiro atoms. The number of nitrogens with one attached hydrogen (secondary N) is 2. The Balaban J connectivity index is 1.75. The highest BCUT2D eigenvalue weighted by atomic mass is 16.1. The van der Waals surface area contributed by atoms with Crippen molar-refractivity contribution in [1.82, 2.24) is 25.4 Å². The molecule has 6 nitrogen and oxygen atoms in total. The van der Waals surface area contributed by atoms with Crippen molar-refractivity contribution in [3.8, 4) is 5.69 Å². The molecule has 1 aliphatic heterocycles. The number of piperidine rings is 1. The summed E-state index contributed by atoms with van der Waals surface area (Å²) in [4.78, 5) is 16.4. The number of aromatic nitrogens is 3. The Morgan fingerprint density at radius 2 is 2.32 bits per heavy atom. The molecule has 2 unspecified atom stereocenters. The van der Waals surface area contributed by atoms with E-state index in [1.807, 2.05) is 25.1 Å². The third-order valence-electron chi connectivity index (χ3n) is 4.22. The molecule has 6 heteroatoms. The zero-order valence-electron chi connectivity index (χ0n) is 12.9. The number of amides is 1. The monoisotopic (exact) mass is 299 g/mol. The SMILES string of the molecule is Cc1cc(-n2cncn2)ccc1C(=O)NC1CCCNC1C. The second kappa shape index (κ2) is 6.27. The first kappa shape index (κ1) is 14.7. The van der Waals surface area contributed by atoms with Gasteiger partial charge < -0.3 is 10.6 Å². The number of hydrogen-bond donors (Lipinski definition) is 2. The highest BCUT2D eigenvalue weighted by molar-refractivity contribution is 5.96. The Bertz CT molecular complexity index is 653. The van der Waals surface area contributed by atoms with Crippen molar-refractivity contribution < 1.29 is 4.79 Å². The summed E-state index contributed by atoms with van der Waals surface area (Å²) in [6.45, 7) is 5.09. The molecule has 1 fully saturated rings. The van der Waals surface area contributed by atoms with E-state index in [-0.39, 0.29) is 11.9 Å². The Kier molecular flexibility index (Phi) is 4.20. The smallest absolute Gasteiger partial charge is 0.251 e. The van der Waals surface area contributed by atoms with Crippen LogP contribution in [-0.4, -0.2) is 39.3 Å². The van der Waals surface area contributed by atoms with Crippen LogP contribution in [0.25, 0.3) is 5.69 Å². The number of hydrogen-bond acceptors (Lipinski definition) is 4. The largest absolute Gasteiger partial charge is 0.348 e. The van der Waals surface area contributed by atoms with Crippen molar-refractivity contribution >= 4 is 5.91 Å². The van der Waals surface area contributed by atoms with Crippen LogP contribution in [0, 0.1) is 6.92 Å². The maximum atomic E-state index is 12.5. The number of rotatable bonds is 3. The Morgan fingerprint density at radius 1 is 1.45 bits per heavy atom. The van der Waals surface area contributed by atoms with Gasteiger partial charge in [0.1, 0.15) is 12.7 Å². The summed E-state index contributed by atoms with van der Waals surface area (Å²) >= 11 is 0. The molecule has 116 valence electrons. The average Bonchev–Trinajstić information content (AvgIpc) is 3.03. The molecule has 1 aromatic heterocycles. The summed E-state index contributed by atoms with van der Waals surface area (Å²) in [6, 6.07) is 6.19. The lowest BCUT2D eigenvalue weighted by Crippen LogP contribution is -2.52. The van der Waals surface area contributed by atoms with Crippen LogP contribution in [0.15, 0.2) is 30.9 Å². The second-order valence-corrected chi connectivity index (χ2v) is 5.80. The van der Waals surface area contributed by atoms with Crippen molar-refractivity contribution in [3.05, 3.63) is 42.0 Å². The molecule has 2 aromatic rings. The third kappa shape index (κ3) is 3.01. The number of aryl methyl sites for hydroxylation is 1. The predicted octanol–water partition coefficient (Wildman–Crippen LogP) is 1.45. The molecule has 2 atom stereocenters. The molecule has 3 rings (SSSR count). The minimum Gasteiger partial charge on any atom is -0.348 e. The zero-order chi connectivity index (χ0) is 15.5. The first-order valence-electron chi connectivity index (χ1n) is 7.65. The van der Waals surface area contributed by atoms with Crippen LogP contribution in [0.5, 0.6) is 0 Å². The minimum atomic E-state index is -0.0109. The van der Waals surface area contributed by atoms with Crippen LogP contribution >= 0.6 is 0 Å². The summed E-state index contributed by atoms with van der Waals surface area (Å²) in [5, 5.41) is 10.6. The number of benzene rings is 1. The maximum absolute atomic E-state index is 12.5. The third-order valence-corrected chi connectivity index (χ3v) is 4.22. The second-order valence-electron chi connectivity index (χ2n) is 5.80. The lowest BCUT2D eigenvalue weighted by molar-refractivity contribution is 0.0919. The number of carbonyl (C=O) groups is 1. The molecule has 0 radical (unpaired) electrons. The Labute approximate surface area is 129 Å². The maximum Gasteiger partial charge on any atom is 0.251 e. The summed E-state index contributed by atoms with van der Waals surface area (Å²) < 4.78 is 1.68. The fraction of sp³-hybridized carbons (Fsp3) is 0.438. The summed E-state index contributed by atoms with van der Waals surface area (Å²) in [5.74, 6) is -0.0109. The summed E-state index contributed by atoms with van der Waals surface area (Å²) in [6.07, 6.45) is 5.26. The van der Waals surface area contributed by atoms with Crippen molar-refractivity contribution in [1.29, 1.82) is 0 Å². The van der Waals surface area contributed by atoms with E-state index in [1.54, 1.807) is 11.0 Å². The molecule has 1 aliphatic rings. The molecule has 0 bridgehead atoms. The lowest BCUT2D eigenvalue weighted by atomic mass is 9.99. The standard InChI is InChI=1S/C16H21N5O/c1-11-8-13(21-10-17-9-19-21)5-6-14(11)16(22)20-15-4-3-7-18-12(15)2/h5-6,8-10,12,15,18H,3-4,7H2,1-2H3,(H,20,22). The van der Waals surface area contributed by atoms with Gasteiger partial charge in [-0.3, -0.25) is 4.79 Å². The first-order valence-corrected chi connectivity index (χ1v) is 7.65. The minimum absolute atomic E-state index is 0.0109. The molecule has 22 heavy (non-hydrogen) atoms. The quantitative estimate of drug-likeness (QED) is 0.900. The van der Waals surface area contributed by atoms with Gasteiger partial charge in [-0.15, -0.1) is 0 Å². The van der Waals surface area contributed by atoms with E-state index in [0.717, 1.165) is 30.6 Å². The highest BCUT2D eigenvalue weighted by Crippen LogP contribution is 2.15. The van der Waals surface area contributed by atoms with Gasteiger partial charge in [0.2, 0.25) is 0 Å². The van der Waals surface area contributed by atoms with Gasteiger partial charge in [-0.2, -0.15) is 5.10 Å². The van der Waals surface area contributed by atoms with Crippen molar-refractivity contribution in [2.45, 2.75) is 38.8 Å². The molecule has 1 amide bonds. The van der Waals surface area contributed by atoms with E-state index < -0.39 is 0 Å². The van der Waals surface area contributed by atoms with Crippen LogP contribution in [-0.2, 0) is 0 Å². The fourth-order valence-corrected chi connectivity index (χ4v) is 2.87. The van der Waals surface area contributed by atoms with Gasteiger partial charge in [-0.1, -0.05) is 0 Å². The molecule has 1 aromatic carbocycles. The molecular formula is C16H21N5O. The van der Waals surface area contributed by atoms with E-state index in [0.29, 0.717) is 11.6 Å². The van der Waals surface area contributed by atoms with Gasteiger partial charge in [0.05, 0.1) is 5.69 Å². The van der Waals surface area contributed by atoms with E-state index in [1.165, 1.54) is 6.33 Å². The fourth-order valence-electron chi connectivity index (χ4n) is 2.87. The summed E-state index contributed by atoms with van der Waals surface area (Å²) in [7, 11) is 0. The van der Waals surface area contributed by atoms with Gasteiger partial charge >= 0.3 is 0 Å². The highest BCUT2D eigenvalue weighted by Gasteiger charge is 2.23. The summed E-state index contributed by atoms with van der Waals surface area (Å²) in [5.41, 5.74) is 2.54. The molecule has 2 N–H and O–H groups in total. The Morgan fingerprint density at radius 3 is 3.00 bits per heavy atom. The molecule has 2 heterocycles. The zero-order valence-corrected chi connectivity index (χ0v) is 12.9. The number of carbonyl (C=O) groups excluding carboxylic acids is 1. The van der Waals surface area contributed by atoms with E-state index in [4.69, 9.17) is 0 Å². The lowest BCUT2D eigenvalue weighted by Gasteiger charge is -2.30. The van der Waals surface area contributed by atoms with Gasteiger partial charge in [-0.25, -0.2) is 9.67 Å². The van der Waals surface area contributed by atoms with Crippen LogP contribution in [0.4, 0.5) is 0 Å². The molecule has 1 saturated heterocycles. The van der Waals surface area contributed by atoms with Crippen LogP contribution in [0.3, 0.4) is 0 Å². The van der Waals surface area contributed by atoms with Gasteiger partial charge in [0.15, 0.2) is 0 Å². The average molecular weight is 299 g/mol. The molecule has 0 saturated carbocycles. The van der Waals surface area contributed by atoms with Crippen molar-refractivity contribution in [2.24, 2.45) is 0 Å². The molecular weight excluding hydrogens is 278 g/mol. The van der Waals surface area contributed by atoms with E-state index in [2.05, 4.69) is 27.6 Å². The molecule has 0 aliphatic carbocycles. The van der Waals surface area contributed by atoms with E-state index in [9.17, 15) is 4.79 Å². The van der Waals surface area contributed by atoms with Crippen molar-refractivity contribution in [2.75, 3.05) is 6.54 Å². The Hall–Kier alpha value is -2.21. The normalized spacial score (nSPS) is 21.5. The van der Waals surface area contributed by atoms with Gasteiger partial charge in [0, 0.05) is 17.6 Å². The van der Waals surface area contributed by atoms with Crippen LogP contribution < -0.4 is 10.6 Å². The predicted molar refractivity (Wildman–Crippen MR) is 84.0 cm³/mol. The van der Waals surface area contributed by atoms with E-state index >= 15 is 0 Å². The van der Waals surface area contributed by atoms with Gasteiger partial charge in [0.25, 0.3) is 5.91 Å². The number of nitrogens with zero attached hydrogens (tertiary/aromatic N) is 3. The van der Waals surface area contributed by atoms with Crippen LogP contribution in [0.2, 0.25) is 0 Å². The first-order chi connectivity index (χ1) is 10.6.